The molecule has 0 aromatic rings. The Balaban J connectivity index is 2.22. The first-order chi connectivity index (χ1) is 8.94. The van der Waals surface area contributed by atoms with E-state index < -0.39 is 8.32 Å². The first kappa shape index (κ1) is 16.3. The van der Waals surface area contributed by atoms with E-state index in [4.69, 9.17) is 4.43 Å². The molecule has 0 atom stereocenters. The summed E-state index contributed by atoms with van der Waals surface area (Å²) >= 11 is 0. The monoisotopic (exact) mass is 278 g/mol. The third-order valence-corrected chi connectivity index (χ3v) is 6.21. The van der Waals surface area contributed by atoms with E-state index in [0.29, 0.717) is 0 Å². The molecule has 1 nitrogen and oxygen atoms in total. The second-order valence-corrected chi connectivity index (χ2v) is 10.6. The molecule has 0 fully saturated rings. The van der Waals surface area contributed by atoms with Gasteiger partial charge in [0.15, 0.2) is 0 Å². The van der Waals surface area contributed by atoms with Crippen LogP contribution in [0.4, 0.5) is 0 Å². The molecule has 0 aromatic carbocycles. The molecule has 108 valence electrons. The maximum Gasteiger partial charge on any atom is 0.244 e. The fraction of sp³-hybridized carbons (Fsp3) is 0.647. The normalized spacial score (nSPS) is 15.7. The van der Waals surface area contributed by atoms with Gasteiger partial charge in [-0.1, -0.05) is 30.9 Å². The summed E-state index contributed by atoms with van der Waals surface area (Å²) in [6.07, 6.45) is 11.7. The van der Waals surface area contributed by atoms with Crippen molar-refractivity contribution in [3.8, 4) is 0 Å². The molecule has 0 saturated heterocycles. The first-order valence-electron chi connectivity index (χ1n) is 7.61. The molecule has 0 bridgehead atoms. The summed E-state index contributed by atoms with van der Waals surface area (Å²) in [5.74, 6) is 1.21. The zero-order valence-electron chi connectivity index (χ0n) is 13.2. The summed E-state index contributed by atoms with van der Waals surface area (Å²) < 4.78 is 6.31. The lowest BCUT2D eigenvalue weighted by atomic mass is 10.1. The van der Waals surface area contributed by atoms with E-state index in [1.54, 1.807) is 0 Å². The molecular weight excluding hydrogens is 248 g/mol. The van der Waals surface area contributed by atoms with Crippen LogP contribution in [0.15, 0.2) is 35.6 Å². The van der Waals surface area contributed by atoms with E-state index in [-0.39, 0.29) is 0 Å². The van der Waals surface area contributed by atoms with Gasteiger partial charge in [0, 0.05) is 6.42 Å². The van der Waals surface area contributed by atoms with Gasteiger partial charge in [-0.25, -0.2) is 0 Å². The molecule has 0 unspecified atom stereocenters. The van der Waals surface area contributed by atoms with Gasteiger partial charge in [-0.15, -0.1) is 6.58 Å². The molecule has 0 spiro atoms. The molecule has 0 radical (unpaired) electrons. The number of hydrogen-bond donors (Lipinski definition) is 0. The number of unbranched alkanes of at least 4 members (excludes halogenated alkanes) is 4. The Morgan fingerprint density at radius 3 is 2.47 bits per heavy atom. The molecular formula is C17H30OSi. The van der Waals surface area contributed by atoms with Gasteiger partial charge in [0.25, 0.3) is 0 Å². The molecule has 0 N–H and O–H groups in total. The lowest BCUT2D eigenvalue weighted by Gasteiger charge is -2.25. The van der Waals surface area contributed by atoms with E-state index in [2.05, 4.69) is 39.6 Å². The molecule has 1 aliphatic rings. The van der Waals surface area contributed by atoms with E-state index in [1.807, 2.05) is 6.08 Å². The Labute approximate surface area is 120 Å². The van der Waals surface area contributed by atoms with Crippen molar-refractivity contribution in [3.63, 3.8) is 0 Å². The molecule has 0 saturated carbocycles. The summed E-state index contributed by atoms with van der Waals surface area (Å²) in [6, 6.07) is 1.27. The third kappa shape index (κ3) is 6.28. The predicted octanol–water partition coefficient (Wildman–Crippen LogP) is 5.97. The number of hydrogen-bond acceptors (Lipinski definition) is 1. The summed E-state index contributed by atoms with van der Waals surface area (Å²) in [5.41, 5.74) is 2.86. The predicted molar refractivity (Wildman–Crippen MR) is 87.7 cm³/mol. The average molecular weight is 279 g/mol. The number of rotatable bonds is 9. The molecule has 0 aliphatic heterocycles. The van der Waals surface area contributed by atoms with Gasteiger partial charge < -0.3 is 4.43 Å². The van der Waals surface area contributed by atoms with Gasteiger partial charge in [-0.05, 0) is 57.5 Å². The van der Waals surface area contributed by atoms with E-state index >= 15 is 0 Å². The highest BCUT2D eigenvalue weighted by Crippen LogP contribution is 2.29. The van der Waals surface area contributed by atoms with Gasteiger partial charge in [-0.2, -0.15) is 0 Å². The smallest absolute Gasteiger partial charge is 0.244 e. The van der Waals surface area contributed by atoms with Crippen LogP contribution in [-0.2, 0) is 4.43 Å². The van der Waals surface area contributed by atoms with Crippen molar-refractivity contribution in [2.75, 3.05) is 0 Å². The highest BCUT2D eigenvalue weighted by molar-refractivity contribution is 6.71. The standard InChI is InChI=1S/C17H30OSi/c1-6-7-8-9-10-11-12-19(4,5)18-17-13-15(2)16(3)14-17/h6,13H,1,7-12,14H2,2-5H3. The van der Waals surface area contributed by atoms with Crippen LogP contribution in [0.1, 0.15) is 52.4 Å². The molecule has 2 heteroatoms. The lowest BCUT2D eigenvalue weighted by molar-refractivity contribution is 0.403. The molecule has 0 aromatic heterocycles. The first-order valence-corrected chi connectivity index (χ1v) is 10.7. The summed E-state index contributed by atoms with van der Waals surface area (Å²) in [6.45, 7) is 12.8. The maximum atomic E-state index is 6.31. The quantitative estimate of drug-likeness (QED) is 0.287. The Hall–Kier alpha value is -0.763. The van der Waals surface area contributed by atoms with Crippen molar-refractivity contribution >= 4 is 8.32 Å². The van der Waals surface area contributed by atoms with Crippen molar-refractivity contribution in [2.45, 2.75) is 71.5 Å². The zero-order valence-corrected chi connectivity index (χ0v) is 14.2. The number of allylic oxidation sites excluding steroid dienone is 4. The van der Waals surface area contributed by atoms with Crippen LogP contribution < -0.4 is 0 Å². The Morgan fingerprint density at radius 2 is 1.89 bits per heavy atom. The molecule has 19 heavy (non-hydrogen) atoms. The van der Waals surface area contributed by atoms with Gasteiger partial charge in [0.2, 0.25) is 8.32 Å². The summed E-state index contributed by atoms with van der Waals surface area (Å²) in [5, 5.41) is 0. The van der Waals surface area contributed by atoms with Crippen LogP contribution in [0.5, 0.6) is 0 Å². The second-order valence-electron chi connectivity index (χ2n) is 6.35. The highest BCUT2D eigenvalue weighted by atomic mass is 28.4. The highest BCUT2D eigenvalue weighted by Gasteiger charge is 2.26. The molecule has 1 aliphatic carbocycles. The molecule has 1 rings (SSSR count). The minimum Gasteiger partial charge on any atom is -0.547 e. The van der Waals surface area contributed by atoms with Crippen molar-refractivity contribution in [1.29, 1.82) is 0 Å². The van der Waals surface area contributed by atoms with Crippen molar-refractivity contribution in [2.24, 2.45) is 0 Å². The van der Waals surface area contributed by atoms with Crippen molar-refractivity contribution < 1.29 is 4.43 Å². The molecule has 0 amide bonds. The zero-order chi connectivity index (χ0) is 14.3. The van der Waals surface area contributed by atoms with Crippen LogP contribution >= 0.6 is 0 Å². The Morgan fingerprint density at radius 1 is 1.21 bits per heavy atom. The van der Waals surface area contributed by atoms with E-state index in [1.165, 1.54) is 48.6 Å². The summed E-state index contributed by atoms with van der Waals surface area (Å²) in [7, 11) is -1.51. The Kier molecular flexibility index (Phi) is 6.63. The Bertz CT molecular complexity index is 363. The van der Waals surface area contributed by atoms with Crippen LogP contribution in [-0.4, -0.2) is 8.32 Å². The van der Waals surface area contributed by atoms with Crippen LogP contribution in [0, 0.1) is 0 Å². The molecule has 0 heterocycles. The van der Waals surface area contributed by atoms with Crippen LogP contribution in [0.25, 0.3) is 0 Å². The van der Waals surface area contributed by atoms with E-state index in [9.17, 15) is 0 Å². The largest absolute Gasteiger partial charge is 0.547 e. The van der Waals surface area contributed by atoms with Crippen LogP contribution in [0.3, 0.4) is 0 Å². The van der Waals surface area contributed by atoms with E-state index in [0.717, 1.165) is 12.8 Å². The van der Waals surface area contributed by atoms with Gasteiger partial charge in [-0.3, -0.25) is 0 Å². The fourth-order valence-corrected chi connectivity index (χ4v) is 4.53. The second kappa shape index (κ2) is 7.74. The lowest BCUT2D eigenvalue weighted by Crippen LogP contribution is -2.29. The van der Waals surface area contributed by atoms with Gasteiger partial charge in [0.05, 0.1) is 5.76 Å². The fourth-order valence-electron chi connectivity index (χ4n) is 2.48. The topological polar surface area (TPSA) is 9.23 Å². The minimum absolute atomic E-state index is 1.03. The maximum absolute atomic E-state index is 6.31. The SMILES string of the molecule is C=CCCCCCC[Si](C)(C)OC1=CC(C)=C(C)C1. The van der Waals surface area contributed by atoms with Crippen molar-refractivity contribution in [1.82, 2.24) is 0 Å². The minimum atomic E-state index is -1.51. The van der Waals surface area contributed by atoms with Gasteiger partial charge in [0.1, 0.15) is 0 Å². The van der Waals surface area contributed by atoms with Gasteiger partial charge >= 0.3 is 0 Å². The van der Waals surface area contributed by atoms with Crippen LogP contribution in [0.2, 0.25) is 19.1 Å². The third-order valence-electron chi connectivity index (χ3n) is 3.83. The average Bonchev–Trinajstić information content (AvgIpc) is 2.62. The summed E-state index contributed by atoms with van der Waals surface area (Å²) in [4.78, 5) is 0. The van der Waals surface area contributed by atoms with Crippen molar-refractivity contribution in [3.05, 3.63) is 35.6 Å².